The summed E-state index contributed by atoms with van der Waals surface area (Å²) in [6, 6.07) is 5.60. The van der Waals surface area contributed by atoms with E-state index in [1.54, 1.807) is 0 Å². The maximum Gasteiger partial charge on any atom is 0.573 e. The van der Waals surface area contributed by atoms with Crippen LogP contribution in [0.3, 0.4) is 0 Å². The van der Waals surface area contributed by atoms with Crippen LogP contribution in [0.1, 0.15) is 51.0 Å². The Labute approximate surface area is 141 Å². The van der Waals surface area contributed by atoms with Gasteiger partial charge in [0, 0.05) is 5.56 Å². The molecular weight excluding hydrogens is 313 g/mol. The van der Waals surface area contributed by atoms with Gasteiger partial charge in [-0.15, -0.1) is 13.2 Å². The smallest absolute Gasteiger partial charge is 0.406 e. The summed E-state index contributed by atoms with van der Waals surface area (Å²) >= 11 is 0. The van der Waals surface area contributed by atoms with Crippen molar-refractivity contribution in [1.82, 2.24) is 0 Å². The molecule has 0 aromatic heterocycles. The lowest BCUT2D eigenvalue weighted by Crippen LogP contribution is -2.16. The third-order valence-electron chi connectivity index (χ3n) is 4.34. The van der Waals surface area contributed by atoms with Gasteiger partial charge >= 0.3 is 6.36 Å². The van der Waals surface area contributed by atoms with Crippen molar-refractivity contribution < 1.29 is 17.9 Å². The molecule has 1 aliphatic carbocycles. The molecule has 0 aliphatic heterocycles. The highest BCUT2D eigenvalue weighted by molar-refractivity contribution is 5.40. The summed E-state index contributed by atoms with van der Waals surface area (Å²) in [4.78, 5) is 0. The van der Waals surface area contributed by atoms with Crippen molar-refractivity contribution in [3.05, 3.63) is 42.0 Å². The summed E-state index contributed by atoms with van der Waals surface area (Å²) in [5, 5.41) is 0. The van der Waals surface area contributed by atoms with E-state index in [1.807, 2.05) is 6.08 Å². The summed E-state index contributed by atoms with van der Waals surface area (Å²) in [6.45, 7) is 2.24. The van der Waals surface area contributed by atoms with Crippen LogP contribution in [0.25, 0.3) is 0 Å². The number of alkyl halides is 3. The zero-order valence-corrected chi connectivity index (χ0v) is 13.9. The van der Waals surface area contributed by atoms with Crippen molar-refractivity contribution in [1.29, 1.82) is 0 Å². The highest BCUT2D eigenvalue weighted by Crippen LogP contribution is 2.32. The van der Waals surface area contributed by atoms with Gasteiger partial charge in [-0.2, -0.15) is 0 Å². The van der Waals surface area contributed by atoms with Crippen molar-refractivity contribution in [3.63, 3.8) is 0 Å². The molecule has 0 saturated heterocycles. The van der Waals surface area contributed by atoms with E-state index in [4.69, 9.17) is 0 Å². The monoisotopic (exact) mass is 336 g/mol. The Hall–Kier alpha value is -1.89. The second-order valence-corrected chi connectivity index (χ2v) is 6.27. The molecule has 0 heterocycles. The lowest BCUT2D eigenvalue weighted by Gasteiger charge is -2.26. The van der Waals surface area contributed by atoms with E-state index in [9.17, 15) is 13.2 Å². The molecule has 130 valence electrons. The topological polar surface area (TPSA) is 9.23 Å². The highest BCUT2D eigenvalue weighted by Gasteiger charge is 2.30. The number of allylic oxidation sites excluding steroid dienone is 2. The maximum absolute atomic E-state index is 12.1. The first-order valence-corrected chi connectivity index (χ1v) is 8.50. The fourth-order valence-electron chi connectivity index (χ4n) is 3.13. The number of rotatable bonds is 4. The van der Waals surface area contributed by atoms with Crippen LogP contribution in [0.2, 0.25) is 0 Å². The Morgan fingerprint density at radius 3 is 2.38 bits per heavy atom. The quantitative estimate of drug-likeness (QED) is 0.604. The normalized spacial score (nSPS) is 21.3. The molecule has 2 rings (SSSR count). The number of ether oxygens (including phenoxy) is 1. The van der Waals surface area contributed by atoms with Crippen LogP contribution in [0.4, 0.5) is 13.2 Å². The van der Waals surface area contributed by atoms with Gasteiger partial charge in [-0.25, -0.2) is 0 Å². The Bertz CT molecular complexity index is 582. The number of hydrogen-bond donors (Lipinski definition) is 0. The second kappa shape index (κ2) is 8.82. The third-order valence-corrected chi connectivity index (χ3v) is 4.34. The molecule has 1 nitrogen and oxygen atoms in total. The number of halogens is 3. The van der Waals surface area contributed by atoms with E-state index in [0.717, 1.165) is 5.92 Å². The summed E-state index contributed by atoms with van der Waals surface area (Å²) in [7, 11) is 0. The first-order chi connectivity index (χ1) is 11.5. The molecule has 0 radical (unpaired) electrons. The fourth-order valence-corrected chi connectivity index (χ4v) is 3.13. The van der Waals surface area contributed by atoms with Gasteiger partial charge in [0.05, 0.1) is 0 Å². The number of hydrogen-bond acceptors (Lipinski definition) is 1. The van der Waals surface area contributed by atoms with Crippen molar-refractivity contribution in [2.45, 2.75) is 51.8 Å². The minimum absolute atomic E-state index is 0.229. The molecule has 1 aliphatic rings. The lowest BCUT2D eigenvalue weighted by molar-refractivity contribution is -0.274. The average molecular weight is 336 g/mol. The molecule has 1 aromatic rings. The molecule has 0 amide bonds. The van der Waals surface area contributed by atoms with E-state index >= 15 is 0 Å². The predicted octanol–water partition coefficient (Wildman–Crippen LogP) is 6.10. The molecule has 0 bridgehead atoms. The van der Waals surface area contributed by atoms with Gasteiger partial charge in [-0.05, 0) is 67.9 Å². The largest absolute Gasteiger partial charge is 0.573 e. The van der Waals surface area contributed by atoms with Gasteiger partial charge in [0.2, 0.25) is 0 Å². The van der Waals surface area contributed by atoms with Crippen molar-refractivity contribution in [2.24, 2.45) is 11.8 Å². The van der Waals surface area contributed by atoms with E-state index in [0.29, 0.717) is 11.5 Å². The minimum atomic E-state index is -4.66. The highest BCUT2D eigenvalue weighted by atomic mass is 19.4. The van der Waals surface area contributed by atoms with Crippen LogP contribution in [0.15, 0.2) is 36.4 Å². The average Bonchev–Trinajstić information content (AvgIpc) is 2.53. The first kappa shape index (κ1) is 18.4. The maximum atomic E-state index is 12.1. The zero-order valence-electron chi connectivity index (χ0n) is 13.9. The Morgan fingerprint density at radius 1 is 1.12 bits per heavy atom. The molecular formula is C20H23F3O. The van der Waals surface area contributed by atoms with Crippen LogP contribution >= 0.6 is 0 Å². The van der Waals surface area contributed by atoms with Gasteiger partial charge in [0.1, 0.15) is 5.75 Å². The molecule has 0 spiro atoms. The van der Waals surface area contributed by atoms with Crippen molar-refractivity contribution in [2.75, 3.05) is 0 Å². The molecule has 1 saturated carbocycles. The molecule has 0 N–H and O–H groups in total. The Kier molecular flexibility index (Phi) is 6.78. The van der Waals surface area contributed by atoms with Gasteiger partial charge < -0.3 is 4.74 Å². The first-order valence-electron chi connectivity index (χ1n) is 8.50. The van der Waals surface area contributed by atoms with Crippen LogP contribution < -0.4 is 4.74 Å². The summed E-state index contributed by atoms with van der Waals surface area (Å²) in [6.07, 6.45) is 7.04. The van der Waals surface area contributed by atoms with Gasteiger partial charge in [-0.3, -0.25) is 0 Å². The van der Waals surface area contributed by atoms with Crippen molar-refractivity contribution >= 4 is 0 Å². The molecule has 1 fully saturated rings. The second-order valence-electron chi connectivity index (χ2n) is 6.27. The summed E-state index contributed by atoms with van der Waals surface area (Å²) in [5.74, 6) is 7.16. The van der Waals surface area contributed by atoms with E-state index in [1.165, 1.54) is 62.8 Å². The molecule has 0 unspecified atom stereocenters. The molecule has 1 aromatic carbocycles. The molecule has 0 atom stereocenters. The lowest BCUT2D eigenvalue weighted by atomic mass is 9.80. The van der Waals surface area contributed by atoms with Gasteiger partial charge in [0.25, 0.3) is 0 Å². The third kappa shape index (κ3) is 6.70. The molecule has 4 heteroatoms. The fraction of sp³-hybridized carbons (Fsp3) is 0.500. The van der Waals surface area contributed by atoms with Gasteiger partial charge in [0.15, 0.2) is 0 Å². The van der Waals surface area contributed by atoms with Crippen LogP contribution in [0.5, 0.6) is 5.75 Å². The molecule has 24 heavy (non-hydrogen) atoms. The van der Waals surface area contributed by atoms with E-state index < -0.39 is 6.36 Å². The van der Waals surface area contributed by atoms with E-state index in [2.05, 4.69) is 29.6 Å². The van der Waals surface area contributed by atoms with Crippen LogP contribution in [-0.4, -0.2) is 6.36 Å². The zero-order chi connectivity index (χ0) is 17.4. The summed E-state index contributed by atoms with van der Waals surface area (Å²) in [5.41, 5.74) is 0.667. The SMILES string of the molecule is CCC[C@H]1CC[C@H](C=CC#Cc2ccc(OC(F)(F)F)cc2)CC1. The Balaban J connectivity index is 1.81. The minimum Gasteiger partial charge on any atom is -0.406 e. The van der Waals surface area contributed by atoms with Gasteiger partial charge in [-0.1, -0.05) is 37.7 Å². The van der Waals surface area contributed by atoms with Crippen LogP contribution in [-0.2, 0) is 0 Å². The Morgan fingerprint density at radius 2 is 1.79 bits per heavy atom. The van der Waals surface area contributed by atoms with Crippen LogP contribution in [0, 0.1) is 23.7 Å². The predicted molar refractivity (Wildman–Crippen MR) is 89.5 cm³/mol. The summed E-state index contributed by atoms with van der Waals surface area (Å²) < 4.78 is 40.1. The number of benzene rings is 1. The van der Waals surface area contributed by atoms with Crippen molar-refractivity contribution in [3.8, 4) is 17.6 Å². The van der Waals surface area contributed by atoms with E-state index in [-0.39, 0.29) is 5.75 Å². The standard InChI is InChI=1S/C20H23F3O/c1-2-5-16-8-10-17(11-9-16)6-3-4-7-18-12-14-19(15-13-18)24-20(21,22)23/h3,6,12-17H,2,5,8-11H2,1H3/t16-,17-.